The zero-order chi connectivity index (χ0) is 17.9. The summed E-state index contributed by atoms with van der Waals surface area (Å²) in [6, 6.07) is 2.63. The molecule has 0 aliphatic carbocycles. The molecule has 2 rings (SSSR count). The van der Waals surface area contributed by atoms with Crippen molar-refractivity contribution in [1.29, 1.82) is 0 Å². The molecule has 0 atom stereocenters. The second-order valence-corrected chi connectivity index (χ2v) is 6.44. The van der Waals surface area contributed by atoms with Gasteiger partial charge in [-0.1, -0.05) is 0 Å². The molecular formula is C14H12N2O6S2. The first-order valence-electron chi connectivity index (χ1n) is 6.47. The number of thioether (sulfide) groups is 2. The second-order valence-electron chi connectivity index (χ2n) is 4.42. The van der Waals surface area contributed by atoms with Crippen molar-refractivity contribution in [3.63, 3.8) is 0 Å². The van der Waals surface area contributed by atoms with E-state index in [1.165, 1.54) is 37.1 Å². The molecule has 1 aliphatic heterocycles. The van der Waals surface area contributed by atoms with Gasteiger partial charge in [0.15, 0.2) is 5.75 Å². The number of esters is 1. The third kappa shape index (κ3) is 3.95. The van der Waals surface area contributed by atoms with Crippen molar-refractivity contribution in [2.75, 3.05) is 13.4 Å². The van der Waals surface area contributed by atoms with E-state index in [0.717, 1.165) is 18.7 Å². The first-order valence-corrected chi connectivity index (χ1v) is 8.51. The Morgan fingerprint density at radius 1 is 1.46 bits per heavy atom. The standard InChI is InChI=1S/C14H12N2O6S2/c1-7(17)22-12-10(16(19)20)5-8(6-11(12)21-2)4-9-13(18)24-14(15-9)23-3/h4-6H,1-3H3. The van der Waals surface area contributed by atoms with Crippen LogP contribution < -0.4 is 9.47 Å². The Hall–Kier alpha value is -2.33. The molecule has 0 bridgehead atoms. The highest BCUT2D eigenvalue weighted by molar-refractivity contribution is 8.45. The lowest BCUT2D eigenvalue weighted by atomic mass is 10.1. The Labute approximate surface area is 145 Å². The van der Waals surface area contributed by atoms with E-state index in [1.807, 2.05) is 0 Å². The fraction of sp³-hybridized carbons (Fsp3) is 0.214. The molecule has 24 heavy (non-hydrogen) atoms. The van der Waals surface area contributed by atoms with Gasteiger partial charge in [0, 0.05) is 13.0 Å². The third-order valence-electron chi connectivity index (χ3n) is 2.80. The number of nitro benzene ring substituents is 1. The molecule has 0 saturated heterocycles. The molecule has 126 valence electrons. The average Bonchev–Trinajstić information content (AvgIpc) is 2.87. The van der Waals surface area contributed by atoms with Crippen LogP contribution in [0.15, 0.2) is 22.8 Å². The van der Waals surface area contributed by atoms with Crippen molar-refractivity contribution in [3.05, 3.63) is 33.5 Å². The maximum atomic E-state index is 11.9. The average molecular weight is 368 g/mol. The van der Waals surface area contributed by atoms with Crippen LogP contribution >= 0.6 is 23.5 Å². The number of aliphatic imine (C=N–C) groups is 1. The van der Waals surface area contributed by atoms with Crippen LogP contribution in [-0.4, -0.2) is 33.7 Å². The van der Waals surface area contributed by atoms with Gasteiger partial charge in [-0.15, -0.1) is 11.8 Å². The van der Waals surface area contributed by atoms with Crippen molar-refractivity contribution in [3.8, 4) is 11.5 Å². The zero-order valence-corrected chi connectivity index (χ0v) is 14.5. The van der Waals surface area contributed by atoms with Gasteiger partial charge in [0.25, 0.3) is 0 Å². The topological polar surface area (TPSA) is 108 Å². The Kier molecular flexibility index (Phi) is 5.62. The van der Waals surface area contributed by atoms with Crippen LogP contribution in [0.3, 0.4) is 0 Å². The summed E-state index contributed by atoms with van der Waals surface area (Å²) in [5, 5.41) is 11.0. The molecule has 0 spiro atoms. The summed E-state index contributed by atoms with van der Waals surface area (Å²) < 4.78 is 10.6. The molecule has 0 amide bonds. The molecule has 0 radical (unpaired) electrons. The van der Waals surface area contributed by atoms with Gasteiger partial charge in [-0.05, 0) is 35.7 Å². The molecule has 0 saturated carbocycles. The van der Waals surface area contributed by atoms with Gasteiger partial charge in [0.2, 0.25) is 10.9 Å². The summed E-state index contributed by atoms with van der Waals surface area (Å²) in [5.74, 6) is -0.977. The Morgan fingerprint density at radius 2 is 2.17 bits per heavy atom. The predicted molar refractivity (Wildman–Crippen MR) is 92.5 cm³/mol. The molecule has 0 N–H and O–H groups in total. The van der Waals surface area contributed by atoms with Crippen LogP contribution in [0.4, 0.5) is 5.69 Å². The van der Waals surface area contributed by atoms with E-state index in [4.69, 9.17) is 9.47 Å². The molecule has 1 aliphatic rings. The third-order valence-corrected chi connectivity index (χ3v) is 4.65. The van der Waals surface area contributed by atoms with Gasteiger partial charge in [0.05, 0.1) is 12.0 Å². The van der Waals surface area contributed by atoms with E-state index in [-0.39, 0.29) is 22.3 Å². The Morgan fingerprint density at radius 3 is 2.67 bits per heavy atom. The molecule has 0 unspecified atom stereocenters. The van der Waals surface area contributed by atoms with Crippen LogP contribution in [0.25, 0.3) is 6.08 Å². The van der Waals surface area contributed by atoms with E-state index in [0.29, 0.717) is 9.94 Å². The summed E-state index contributed by atoms with van der Waals surface area (Å²) >= 11 is 2.33. The second kappa shape index (κ2) is 7.49. The number of nitro groups is 1. The number of carbonyl (C=O) groups is 2. The molecule has 8 nitrogen and oxygen atoms in total. The van der Waals surface area contributed by atoms with Gasteiger partial charge in [0.1, 0.15) is 10.1 Å². The first kappa shape index (κ1) is 18.0. The highest BCUT2D eigenvalue weighted by atomic mass is 32.2. The van der Waals surface area contributed by atoms with E-state index < -0.39 is 16.6 Å². The van der Waals surface area contributed by atoms with E-state index in [1.54, 1.807) is 6.26 Å². The van der Waals surface area contributed by atoms with Crippen molar-refractivity contribution in [1.82, 2.24) is 0 Å². The number of hydrogen-bond donors (Lipinski definition) is 0. The minimum absolute atomic E-state index is 0.0124. The van der Waals surface area contributed by atoms with Gasteiger partial charge in [-0.3, -0.25) is 19.7 Å². The summed E-state index contributed by atoms with van der Waals surface area (Å²) in [6.45, 7) is 1.13. The highest BCUT2D eigenvalue weighted by Gasteiger charge is 2.25. The molecule has 0 aromatic heterocycles. The lowest BCUT2D eigenvalue weighted by Gasteiger charge is -2.09. The van der Waals surface area contributed by atoms with Gasteiger partial charge in [-0.2, -0.15) is 0 Å². The Bertz CT molecular complexity index is 788. The summed E-state index contributed by atoms with van der Waals surface area (Å²) in [7, 11) is 1.30. The van der Waals surface area contributed by atoms with Gasteiger partial charge in [-0.25, -0.2) is 4.99 Å². The van der Waals surface area contributed by atoms with Crippen LogP contribution in [0.1, 0.15) is 12.5 Å². The quantitative estimate of drug-likeness (QED) is 0.262. The number of nitrogens with zero attached hydrogens (tertiary/aromatic N) is 2. The smallest absolute Gasteiger partial charge is 0.316 e. The van der Waals surface area contributed by atoms with E-state index in [9.17, 15) is 19.7 Å². The number of hydrogen-bond acceptors (Lipinski definition) is 9. The van der Waals surface area contributed by atoms with Crippen molar-refractivity contribution in [2.45, 2.75) is 6.92 Å². The molecule has 1 aromatic rings. The van der Waals surface area contributed by atoms with Crippen LogP contribution in [0.5, 0.6) is 11.5 Å². The van der Waals surface area contributed by atoms with E-state index in [2.05, 4.69) is 4.99 Å². The minimum Gasteiger partial charge on any atom is -0.493 e. The lowest BCUT2D eigenvalue weighted by Crippen LogP contribution is -2.06. The number of benzene rings is 1. The van der Waals surface area contributed by atoms with Crippen LogP contribution in [0.2, 0.25) is 0 Å². The Balaban J connectivity index is 2.55. The lowest BCUT2D eigenvalue weighted by molar-refractivity contribution is -0.385. The normalized spacial score (nSPS) is 15.4. The predicted octanol–water partition coefficient (Wildman–Crippen LogP) is 2.86. The maximum absolute atomic E-state index is 11.9. The highest BCUT2D eigenvalue weighted by Crippen LogP contribution is 2.39. The molecule has 0 fully saturated rings. The first-order chi connectivity index (χ1) is 11.3. The monoisotopic (exact) mass is 368 g/mol. The van der Waals surface area contributed by atoms with Crippen LogP contribution in [0, 0.1) is 10.1 Å². The summed E-state index contributed by atoms with van der Waals surface area (Å²) in [6.07, 6.45) is 3.22. The molecule has 1 aromatic carbocycles. The summed E-state index contributed by atoms with van der Waals surface area (Å²) in [4.78, 5) is 37.7. The fourth-order valence-electron chi connectivity index (χ4n) is 1.86. The van der Waals surface area contributed by atoms with Crippen LogP contribution in [-0.2, 0) is 9.59 Å². The SMILES string of the molecule is COc1cc(C=C2N=C(SC)SC2=O)cc([N+](=O)[O-])c1OC(C)=O. The van der Waals surface area contributed by atoms with Crippen molar-refractivity contribution in [2.24, 2.45) is 4.99 Å². The van der Waals surface area contributed by atoms with E-state index >= 15 is 0 Å². The zero-order valence-electron chi connectivity index (χ0n) is 12.9. The number of methoxy groups -OCH3 is 1. The minimum atomic E-state index is -0.709. The molecular weight excluding hydrogens is 356 g/mol. The van der Waals surface area contributed by atoms with Crippen molar-refractivity contribution >= 4 is 50.7 Å². The van der Waals surface area contributed by atoms with Gasteiger partial charge < -0.3 is 9.47 Å². The molecule has 10 heteroatoms. The fourth-order valence-corrected chi connectivity index (χ4v) is 3.12. The van der Waals surface area contributed by atoms with Gasteiger partial charge >= 0.3 is 11.7 Å². The summed E-state index contributed by atoms with van der Waals surface area (Å²) in [5.41, 5.74) is 0.0778. The molecule has 1 heterocycles. The maximum Gasteiger partial charge on any atom is 0.316 e. The number of carbonyl (C=O) groups excluding carboxylic acids is 2. The largest absolute Gasteiger partial charge is 0.493 e. The van der Waals surface area contributed by atoms with Crippen molar-refractivity contribution < 1.29 is 24.0 Å². The number of ether oxygens (including phenoxy) is 2. The number of rotatable bonds is 4.